The highest BCUT2D eigenvalue weighted by Gasteiger charge is 2.20. The Morgan fingerprint density at radius 3 is 2.96 bits per heavy atom. The van der Waals surface area contributed by atoms with Crippen LogP contribution in [0.25, 0.3) is 0 Å². The van der Waals surface area contributed by atoms with Gasteiger partial charge in [-0.2, -0.15) is 0 Å². The quantitative estimate of drug-likeness (QED) is 0.420. The zero-order chi connectivity index (χ0) is 19.8. The number of ether oxygens (including phenoxy) is 1. The number of hydrogen-bond donors (Lipinski definition) is 2. The number of aryl methyl sites for hydroxylation is 1. The van der Waals surface area contributed by atoms with Gasteiger partial charge in [-0.25, -0.2) is 9.78 Å². The molecule has 0 aromatic carbocycles. The van der Waals surface area contributed by atoms with Crippen molar-refractivity contribution in [2.45, 2.75) is 46.6 Å². The van der Waals surface area contributed by atoms with Crippen LogP contribution in [0.3, 0.4) is 0 Å². The van der Waals surface area contributed by atoms with Crippen molar-refractivity contribution in [3.63, 3.8) is 0 Å². The first kappa shape index (κ1) is 21.6. The third-order valence-corrected chi connectivity index (χ3v) is 6.00. The molecule has 0 bridgehead atoms. The number of thiazole rings is 1. The highest BCUT2D eigenvalue weighted by Crippen LogP contribution is 2.24. The SMILES string of the molecule is CCOC(=O)c1sc(C(C)NC(=NC)NCCN2CCCC(C)C2)nc1C. The number of esters is 1. The van der Waals surface area contributed by atoms with Crippen LogP contribution in [0.2, 0.25) is 0 Å². The van der Waals surface area contributed by atoms with Crippen molar-refractivity contribution in [3.8, 4) is 0 Å². The molecule has 1 aliphatic heterocycles. The van der Waals surface area contributed by atoms with Gasteiger partial charge in [-0.1, -0.05) is 6.92 Å². The number of carbonyl (C=O) groups excluding carboxylic acids is 1. The molecule has 0 saturated carbocycles. The first-order chi connectivity index (χ1) is 12.9. The number of nitrogens with zero attached hydrogens (tertiary/aromatic N) is 3. The van der Waals surface area contributed by atoms with Crippen LogP contribution in [-0.4, -0.2) is 61.6 Å². The molecule has 2 N–H and O–H groups in total. The predicted octanol–water partition coefficient (Wildman–Crippen LogP) is 2.59. The van der Waals surface area contributed by atoms with Gasteiger partial charge in [0.2, 0.25) is 0 Å². The fourth-order valence-electron chi connectivity index (χ4n) is 3.27. The van der Waals surface area contributed by atoms with E-state index < -0.39 is 0 Å². The molecule has 0 radical (unpaired) electrons. The van der Waals surface area contributed by atoms with Gasteiger partial charge in [-0.05, 0) is 46.1 Å². The molecule has 0 spiro atoms. The standard InChI is InChI=1S/C19H33N5O2S/c1-6-26-18(25)16-14(3)22-17(27-16)15(4)23-19(20-5)21-9-11-24-10-7-8-13(2)12-24/h13,15H,6-12H2,1-5H3,(H2,20,21,23). The summed E-state index contributed by atoms with van der Waals surface area (Å²) in [7, 11) is 1.77. The van der Waals surface area contributed by atoms with E-state index >= 15 is 0 Å². The van der Waals surface area contributed by atoms with E-state index in [0.29, 0.717) is 17.2 Å². The second kappa shape index (κ2) is 10.6. The molecule has 1 fully saturated rings. The topological polar surface area (TPSA) is 78.8 Å². The molecule has 1 saturated heterocycles. The minimum absolute atomic E-state index is 0.0434. The molecule has 1 aromatic heterocycles. The van der Waals surface area contributed by atoms with Gasteiger partial charge in [0.05, 0.1) is 18.3 Å². The monoisotopic (exact) mass is 395 g/mol. The number of carbonyl (C=O) groups is 1. The maximum Gasteiger partial charge on any atom is 0.350 e. The molecule has 8 heteroatoms. The van der Waals surface area contributed by atoms with Crippen LogP contribution in [0.4, 0.5) is 0 Å². The molecule has 2 atom stereocenters. The minimum atomic E-state index is -0.302. The van der Waals surface area contributed by atoms with Crippen LogP contribution in [0.15, 0.2) is 4.99 Å². The van der Waals surface area contributed by atoms with E-state index in [4.69, 9.17) is 4.74 Å². The molecule has 2 heterocycles. The van der Waals surface area contributed by atoms with Crippen molar-refractivity contribution >= 4 is 23.3 Å². The maximum atomic E-state index is 12.0. The second-order valence-electron chi connectivity index (χ2n) is 7.10. The lowest BCUT2D eigenvalue weighted by molar-refractivity contribution is 0.0531. The summed E-state index contributed by atoms with van der Waals surface area (Å²) in [6, 6.07) is -0.0434. The number of aliphatic imine (C=N–C) groups is 1. The number of nitrogens with one attached hydrogen (secondary N) is 2. The van der Waals surface area contributed by atoms with E-state index in [-0.39, 0.29) is 12.0 Å². The molecule has 2 unspecified atom stereocenters. The van der Waals surface area contributed by atoms with Gasteiger partial charge < -0.3 is 20.3 Å². The Balaban J connectivity index is 1.85. The van der Waals surface area contributed by atoms with E-state index in [0.717, 1.165) is 30.0 Å². The fraction of sp³-hybridized carbons (Fsp3) is 0.737. The van der Waals surface area contributed by atoms with Crippen molar-refractivity contribution in [2.24, 2.45) is 10.9 Å². The third kappa shape index (κ3) is 6.46. The van der Waals surface area contributed by atoms with Crippen LogP contribution < -0.4 is 10.6 Å². The smallest absolute Gasteiger partial charge is 0.350 e. The molecule has 7 nitrogen and oxygen atoms in total. The number of piperidine rings is 1. The molecule has 2 rings (SSSR count). The second-order valence-corrected chi connectivity index (χ2v) is 8.13. The van der Waals surface area contributed by atoms with E-state index in [1.807, 2.05) is 13.8 Å². The Morgan fingerprint density at radius 1 is 1.52 bits per heavy atom. The summed E-state index contributed by atoms with van der Waals surface area (Å²) in [4.78, 5) is 23.9. The number of likely N-dealkylation sites (tertiary alicyclic amines) is 1. The van der Waals surface area contributed by atoms with Crippen molar-refractivity contribution in [1.29, 1.82) is 0 Å². The highest BCUT2D eigenvalue weighted by molar-refractivity contribution is 7.13. The van der Waals surface area contributed by atoms with Gasteiger partial charge in [0.15, 0.2) is 5.96 Å². The average molecular weight is 396 g/mol. The molecular formula is C19H33N5O2S. The third-order valence-electron chi connectivity index (χ3n) is 4.68. The summed E-state index contributed by atoms with van der Waals surface area (Å²) in [6.07, 6.45) is 2.63. The number of guanidine groups is 1. The minimum Gasteiger partial charge on any atom is -0.462 e. The Labute approximate surface area is 166 Å². The van der Waals surface area contributed by atoms with E-state index in [1.165, 1.54) is 37.3 Å². The molecule has 27 heavy (non-hydrogen) atoms. The van der Waals surface area contributed by atoms with Crippen molar-refractivity contribution in [3.05, 3.63) is 15.6 Å². The predicted molar refractivity (Wildman–Crippen MR) is 111 cm³/mol. The van der Waals surface area contributed by atoms with Gasteiger partial charge >= 0.3 is 5.97 Å². The lowest BCUT2D eigenvalue weighted by Gasteiger charge is -2.31. The summed E-state index contributed by atoms with van der Waals surface area (Å²) in [6.45, 7) is 12.6. The van der Waals surface area contributed by atoms with Crippen LogP contribution in [0, 0.1) is 12.8 Å². The lowest BCUT2D eigenvalue weighted by Crippen LogP contribution is -2.44. The van der Waals surface area contributed by atoms with Crippen LogP contribution in [0.5, 0.6) is 0 Å². The van der Waals surface area contributed by atoms with Crippen LogP contribution >= 0.6 is 11.3 Å². The molecule has 1 aliphatic rings. The Kier molecular flexibility index (Phi) is 8.50. The Morgan fingerprint density at radius 2 is 2.30 bits per heavy atom. The largest absolute Gasteiger partial charge is 0.462 e. The molecule has 0 aliphatic carbocycles. The van der Waals surface area contributed by atoms with Gasteiger partial charge in [0.1, 0.15) is 9.88 Å². The summed E-state index contributed by atoms with van der Waals surface area (Å²) < 4.78 is 5.09. The zero-order valence-corrected chi connectivity index (χ0v) is 18.0. The lowest BCUT2D eigenvalue weighted by atomic mass is 10.0. The van der Waals surface area contributed by atoms with Gasteiger partial charge in [0, 0.05) is 26.7 Å². The van der Waals surface area contributed by atoms with Crippen molar-refractivity contribution < 1.29 is 9.53 Å². The van der Waals surface area contributed by atoms with E-state index in [9.17, 15) is 4.79 Å². The average Bonchev–Trinajstić information content (AvgIpc) is 3.03. The Hall–Kier alpha value is -1.67. The highest BCUT2D eigenvalue weighted by atomic mass is 32.1. The van der Waals surface area contributed by atoms with Crippen molar-refractivity contribution in [2.75, 3.05) is 39.8 Å². The molecule has 0 amide bonds. The number of rotatable bonds is 7. The summed E-state index contributed by atoms with van der Waals surface area (Å²) in [5.74, 6) is 1.24. The first-order valence-electron chi connectivity index (χ1n) is 9.78. The van der Waals surface area contributed by atoms with Gasteiger partial charge in [-0.15, -0.1) is 11.3 Å². The normalized spacial score (nSPS) is 19.6. The van der Waals surface area contributed by atoms with Crippen LogP contribution in [-0.2, 0) is 4.74 Å². The first-order valence-corrected chi connectivity index (χ1v) is 10.6. The zero-order valence-electron chi connectivity index (χ0n) is 17.2. The number of aromatic nitrogens is 1. The Bertz CT molecular complexity index is 646. The van der Waals surface area contributed by atoms with Crippen molar-refractivity contribution in [1.82, 2.24) is 20.5 Å². The van der Waals surface area contributed by atoms with Gasteiger partial charge in [0.25, 0.3) is 0 Å². The van der Waals surface area contributed by atoms with Crippen LogP contribution in [0.1, 0.15) is 60.0 Å². The summed E-state index contributed by atoms with van der Waals surface area (Å²) in [5.41, 5.74) is 0.712. The maximum absolute atomic E-state index is 12.0. The molecule has 1 aromatic rings. The fourth-order valence-corrected chi connectivity index (χ4v) is 4.24. The summed E-state index contributed by atoms with van der Waals surface area (Å²) in [5, 5.41) is 7.59. The number of hydrogen-bond acceptors (Lipinski definition) is 6. The van der Waals surface area contributed by atoms with E-state index in [1.54, 1.807) is 14.0 Å². The summed E-state index contributed by atoms with van der Waals surface area (Å²) >= 11 is 1.38. The molecular weight excluding hydrogens is 362 g/mol. The molecule has 152 valence electrons. The van der Waals surface area contributed by atoms with E-state index in [2.05, 4.69) is 32.4 Å². The van der Waals surface area contributed by atoms with Gasteiger partial charge in [-0.3, -0.25) is 4.99 Å².